The van der Waals surface area contributed by atoms with Gasteiger partial charge in [0.1, 0.15) is 0 Å². The Labute approximate surface area is 161 Å². The van der Waals surface area contributed by atoms with E-state index in [4.69, 9.17) is 4.74 Å². The minimum Gasteiger partial charge on any atom is -0.375 e. The maximum Gasteiger partial charge on any atom is 0.253 e. The second-order valence-corrected chi connectivity index (χ2v) is 7.42. The average molecular weight is 365 g/mol. The molecule has 2 aromatic rings. The van der Waals surface area contributed by atoms with Crippen LogP contribution in [-0.4, -0.2) is 66.1 Å². The van der Waals surface area contributed by atoms with Crippen LogP contribution in [0.4, 0.5) is 0 Å². The molecule has 27 heavy (non-hydrogen) atoms. The molecule has 4 rings (SSSR count). The summed E-state index contributed by atoms with van der Waals surface area (Å²) in [5.41, 5.74) is 2.86. The van der Waals surface area contributed by atoms with Gasteiger partial charge in [-0.25, -0.2) is 0 Å². The van der Waals surface area contributed by atoms with Crippen molar-refractivity contribution in [2.75, 3.05) is 39.3 Å². The Bertz CT molecular complexity index is 759. The minimum atomic E-state index is 0.0998. The fraction of sp³-hybridized carbons (Fsp3) is 0.455. The van der Waals surface area contributed by atoms with Crippen LogP contribution in [0.1, 0.15) is 29.6 Å². The molecule has 2 aliphatic heterocycles. The number of hydrogen-bond donors (Lipinski definition) is 0. The van der Waals surface area contributed by atoms with Gasteiger partial charge >= 0.3 is 0 Å². The third kappa shape index (κ3) is 4.54. The SMILES string of the molecule is O=C(c1cccc(-c2ccncc2)c1)N1CCCO[C@@H](CN2CCCC2)C1. The Kier molecular flexibility index (Phi) is 5.80. The van der Waals surface area contributed by atoms with Gasteiger partial charge in [0.15, 0.2) is 0 Å². The molecule has 1 amide bonds. The summed E-state index contributed by atoms with van der Waals surface area (Å²) in [6.45, 7) is 5.41. The van der Waals surface area contributed by atoms with Crippen molar-refractivity contribution in [3.8, 4) is 11.1 Å². The lowest BCUT2D eigenvalue weighted by Gasteiger charge is -2.27. The Morgan fingerprint density at radius 3 is 2.67 bits per heavy atom. The zero-order valence-corrected chi connectivity index (χ0v) is 15.7. The molecule has 0 spiro atoms. The van der Waals surface area contributed by atoms with Gasteiger partial charge in [-0.05, 0) is 67.7 Å². The van der Waals surface area contributed by atoms with Gasteiger partial charge in [-0.2, -0.15) is 0 Å². The molecule has 1 aromatic carbocycles. The standard InChI is InChI=1S/C22H27N3O2/c26-22(20-6-3-5-19(15-20)18-7-9-23-10-8-18)25-13-4-14-27-21(17-25)16-24-11-1-2-12-24/h3,5-10,15,21H,1-2,4,11-14,16-17H2/t21-/m0/s1. The highest BCUT2D eigenvalue weighted by molar-refractivity contribution is 5.95. The van der Waals surface area contributed by atoms with Crippen LogP contribution in [0.25, 0.3) is 11.1 Å². The van der Waals surface area contributed by atoms with Crippen molar-refractivity contribution < 1.29 is 9.53 Å². The topological polar surface area (TPSA) is 45.7 Å². The molecular formula is C22H27N3O2. The molecule has 5 nitrogen and oxygen atoms in total. The number of amides is 1. The smallest absolute Gasteiger partial charge is 0.253 e. The zero-order chi connectivity index (χ0) is 18.5. The van der Waals surface area contributed by atoms with Gasteiger partial charge in [0.2, 0.25) is 0 Å². The van der Waals surface area contributed by atoms with E-state index < -0.39 is 0 Å². The number of hydrogen-bond acceptors (Lipinski definition) is 4. The minimum absolute atomic E-state index is 0.0998. The van der Waals surface area contributed by atoms with E-state index in [0.717, 1.165) is 55.9 Å². The number of ether oxygens (including phenoxy) is 1. The molecule has 2 saturated heterocycles. The van der Waals surface area contributed by atoms with E-state index in [-0.39, 0.29) is 12.0 Å². The molecule has 0 bridgehead atoms. The summed E-state index contributed by atoms with van der Waals surface area (Å²) >= 11 is 0. The van der Waals surface area contributed by atoms with E-state index in [2.05, 4.69) is 9.88 Å². The van der Waals surface area contributed by atoms with Crippen LogP contribution in [0.5, 0.6) is 0 Å². The van der Waals surface area contributed by atoms with Crippen molar-refractivity contribution >= 4 is 5.91 Å². The van der Waals surface area contributed by atoms with Gasteiger partial charge in [0, 0.05) is 44.2 Å². The second-order valence-electron chi connectivity index (χ2n) is 7.42. The van der Waals surface area contributed by atoms with Crippen molar-refractivity contribution in [3.63, 3.8) is 0 Å². The summed E-state index contributed by atoms with van der Waals surface area (Å²) in [6, 6.07) is 11.8. The number of rotatable bonds is 4. The van der Waals surface area contributed by atoms with Crippen LogP contribution in [0.15, 0.2) is 48.8 Å². The average Bonchev–Trinajstić information content (AvgIpc) is 3.12. The first-order valence-electron chi connectivity index (χ1n) is 9.93. The predicted octanol–water partition coefficient (Wildman–Crippen LogP) is 3.08. The number of carbonyl (C=O) groups excluding carboxylic acids is 1. The molecule has 0 N–H and O–H groups in total. The number of pyridine rings is 1. The molecule has 2 aliphatic rings. The van der Waals surface area contributed by atoms with E-state index in [9.17, 15) is 4.79 Å². The maximum atomic E-state index is 13.2. The van der Waals surface area contributed by atoms with Crippen LogP contribution in [0.2, 0.25) is 0 Å². The highest BCUT2D eigenvalue weighted by atomic mass is 16.5. The van der Waals surface area contributed by atoms with Crippen LogP contribution in [-0.2, 0) is 4.74 Å². The lowest BCUT2D eigenvalue weighted by Crippen LogP contribution is -2.41. The molecule has 3 heterocycles. The molecule has 142 valence electrons. The van der Waals surface area contributed by atoms with Crippen molar-refractivity contribution in [2.24, 2.45) is 0 Å². The number of benzene rings is 1. The van der Waals surface area contributed by atoms with Crippen molar-refractivity contribution in [1.29, 1.82) is 0 Å². The van der Waals surface area contributed by atoms with E-state index >= 15 is 0 Å². The van der Waals surface area contributed by atoms with Gasteiger partial charge in [-0.15, -0.1) is 0 Å². The summed E-state index contributed by atoms with van der Waals surface area (Å²) in [5, 5.41) is 0. The lowest BCUT2D eigenvalue weighted by atomic mass is 10.0. The van der Waals surface area contributed by atoms with Crippen molar-refractivity contribution in [2.45, 2.75) is 25.4 Å². The third-order valence-electron chi connectivity index (χ3n) is 5.42. The van der Waals surface area contributed by atoms with Crippen LogP contribution >= 0.6 is 0 Å². The highest BCUT2D eigenvalue weighted by Gasteiger charge is 2.26. The molecule has 5 heteroatoms. The molecule has 0 aliphatic carbocycles. The molecule has 1 aromatic heterocycles. The number of likely N-dealkylation sites (tertiary alicyclic amines) is 1. The van der Waals surface area contributed by atoms with Gasteiger partial charge in [-0.1, -0.05) is 12.1 Å². The van der Waals surface area contributed by atoms with Crippen molar-refractivity contribution in [3.05, 3.63) is 54.4 Å². The molecule has 1 atom stereocenters. The first-order valence-corrected chi connectivity index (χ1v) is 9.93. The van der Waals surface area contributed by atoms with E-state index in [1.807, 2.05) is 41.3 Å². The molecule has 0 saturated carbocycles. The van der Waals surface area contributed by atoms with E-state index in [1.165, 1.54) is 12.8 Å². The monoisotopic (exact) mass is 365 g/mol. The van der Waals surface area contributed by atoms with Crippen LogP contribution < -0.4 is 0 Å². The Balaban J connectivity index is 1.47. The van der Waals surface area contributed by atoms with Gasteiger partial charge in [0.05, 0.1) is 6.10 Å². The Morgan fingerprint density at radius 1 is 1.04 bits per heavy atom. The number of aromatic nitrogens is 1. The molecule has 0 radical (unpaired) electrons. The Morgan fingerprint density at radius 2 is 1.85 bits per heavy atom. The summed E-state index contributed by atoms with van der Waals surface area (Å²) in [4.78, 5) is 21.7. The molecule has 0 unspecified atom stereocenters. The molecular weight excluding hydrogens is 338 g/mol. The number of carbonyl (C=O) groups is 1. The summed E-state index contributed by atoms with van der Waals surface area (Å²) in [6.07, 6.45) is 7.11. The van der Waals surface area contributed by atoms with Gasteiger partial charge < -0.3 is 14.5 Å². The second kappa shape index (κ2) is 8.63. The zero-order valence-electron chi connectivity index (χ0n) is 15.7. The first kappa shape index (κ1) is 18.1. The van der Waals surface area contributed by atoms with Gasteiger partial charge in [-0.3, -0.25) is 9.78 Å². The lowest BCUT2D eigenvalue weighted by molar-refractivity contribution is 0.0297. The highest BCUT2D eigenvalue weighted by Crippen LogP contribution is 2.21. The quantitative estimate of drug-likeness (QED) is 0.835. The largest absolute Gasteiger partial charge is 0.375 e. The van der Waals surface area contributed by atoms with Gasteiger partial charge in [0.25, 0.3) is 5.91 Å². The van der Waals surface area contributed by atoms with Crippen molar-refractivity contribution in [1.82, 2.24) is 14.8 Å². The van der Waals surface area contributed by atoms with E-state index in [0.29, 0.717) is 6.54 Å². The Hall–Kier alpha value is -2.24. The predicted molar refractivity (Wildman–Crippen MR) is 106 cm³/mol. The fourth-order valence-electron chi connectivity index (χ4n) is 4.00. The van der Waals surface area contributed by atoms with E-state index in [1.54, 1.807) is 12.4 Å². The summed E-state index contributed by atoms with van der Waals surface area (Å²) in [7, 11) is 0. The third-order valence-corrected chi connectivity index (χ3v) is 5.42. The maximum absolute atomic E-state index is 13.2. The van der Waals surface area contributed by atoms with Crippen LogP contribution in [0.3, 0.4) is 0 Å². The fourth-order valence-corrected chi connectivity index (χ4v) is 4.00. The normalized spacial score (nSPS) is 21.2. The molecule has 2 fully saturated rings. The first-order chi connectivity index (χ1) is 13.3. The summed E-state index contributed by atoms with van der Waals surface area (Å²) < 4.78 is 6.03. The summed E-state index contributed by atoms with van der Waals surface area (Å²) in [5.74, 6) is 0.0998. The number of nitrogens with zero attached hydrogens (tertiary/aromatic N) is 3. The van der Waals surface area contributed by atoms with Crippen LogP contribution in [0, 0.1) is 0 Å².